The van der Waals surface area contributed by atoms with E-state index in [1.165, 1.54) is 6.92 Å². The Balaban J connectivity index is 1.65. The minimum absolute atomic E-state index is 0.123. The molecule has 1 amide bonds. The summed E-state index contributed by atoms with van der Waals surface area (Å²) in [6.07, 6.45) is 0.449. The number of ether oxygens (including phenoxy) is 3. The lowest BCUT2D eigenvalue weighted by Crippen LogP contribution is -2.44. The Morgan fingerprint density at radius 2 is 1.63 bits per heavy atom. The molecule has 0 N–H and O–H groups in total. The number of rotatable bonds is 7. The van der Waals surface area contributed by atoms with Crippen LogP contribution in [0.3, 0.4) is 0 Å². The molecule has 2 aromatic carbocycles. The lowest BCUT2D eigenvalue weighted by Gasteiger charge is -2.36. The molecule has 2 aromatic rings. The summed E-state index contributed by atoms with van der Waals surface area (Å²) in [5.41, 5.74) is 1.94. The van der Waals surface area contributed by atoms with Gasteiger partial charge >= 0.3 is 12.1 Å². The summed E-state index contributed by atoms with van der Waals surface area (Å²) in [4.78, 5) is 25.9. The zero-order valence-electron chi connectivity index (χ0n) is 17.5. The number of hydrogen-bond donors (Lipinski definition) is 0. The molecule has 160 valence electrons. The van der Waals surface area contributed by atoms with Gasteiger partial charge in [0.15, 0.2) is 0 Å². The number of hydrogen-bond acceptors (Lipinski definition) is 5. The number of esters is 1. The Labute approximate surface area is 177 Å². The first-order valence-corrected chi connectivity index (χ1v) is 10.3. The first-order valence-electron chi connectivity index (χ1n) is 10.3. The second kappa shape index (κ2) is 10.8. The summed E-state index contributed by atoms with van der Waals surface area (Å²) < 4.78 is 16.9. The van der Waals surface area contributed by atoms with Crippen molar-refractivity contribution in [2.75, 3.05) is 6.54 Å². The Morgan fingerprint density at radius 3 is 2.27 bits per heavy atom. The van der Waals surface area contributed by atoms with Crippen molar-refractivity contribution in [3.63, 3.8) is 0 Å². The second-order valence-corrected chi connectivity index (χ2v) is 7.70. The first kappa shape index (κ1) is 21.8. The van der Waals surface area contributed by atoms with Crippen molar-refractivity contribution in [1.82, 2.24) is 4.90 Å². The highest BCUT2D eigenvalue weighted by Gasteiger charge is 2.32. The van der Waals surface area contributed by atoms with Crippen LogP contribution in [0.25, 0.3) is 0 Å². The molecule has 0 radical (unpaired) electrons. The van der Waals surface area contributed by atoms with Crippen molar-refractivity contribution in [3.05, 3.63) is 71.8 Å². The molecule has 1 heterocycles. The van der Waals surface area contributed by atoms with E-state index in [9.17, 15) is 9.59 Å². The topological polar surface area (TPSA) is 65.1 Å². The van der Waals surface area contributed by atoms with E-state index in [2.05, 4.69) is 0 Å². The van der Waals surface area contributed by atoms with Crippen LogP contribution in [0.4, 0.5) is 4.79 Å². The summed E-state index contributed by atoms with van der Waals surface area (Å²) in [7, 11) is 0. The number of carbonyl (C=O) groups is 2. The lowest BCUT2D eigenvalue weighted by molar-refractivity contribution is -0.218. The first-order chi connectivity index (χ1) is 14.5. The molecular formula is C24H29NO5. The maximum atomic E-state index is 12.9. The molecule has 6 nitrogen and oxygen atoms in total. The highest BCUT2D eigenvalue weighted by molar-refractivity contribution is 5.67. The van der Waals surface area contributed by atoms with E-state index in [0.29, 0.717) is 13.1 Å². The summed E-state index contributed by atoms with van der Waals surface area (Å²) in [6.45, 7) is 4.38. The van der Waals surface area contributed by atoms with Crippen molar-refractivity contribution in [1.29, 1.82) is 0 Å². The Hall–Kier alpha value is -2.86. The number of carbonyl (C=O) groups excluding carboxylic acids is 2. The summed E-state index contributed by atoms with van der Waals surface area (Å²) in [5, 5.41) is 0. The van der Waals surface area contributed by atoms with Crippen LogP contribution in [0.15, 0.2) is 60.7 Å². The maximum absolute atomic E-state index is 12.9. The van der Waals surface area contributed by atoms with Crippen LogP contribution in [0.5, 0.6) is 0 Å². The van der Waals surface area contributed by atoms with Crippen LogP contribution in [-0.2, 0) is 32.2 Å². The fraction of sp³-hybridized carbons (Fsp3) is 0.417. The zero-order chi connectivity index (χ0) is 21.3. The molecule has 30 heavy (non-hydrogen) atoms. The van der Waals surface area contributed by atoms with Crippen LogP contribution >= 0.6 is 0 Å². The van der Waals surface area contributed by atoms with Gasteiger partial charge in [-0.25, -0.2) is 4.79 Å². The predicted octanol–water partition coefficient (Wildman–Crippen LogP) is 4.53. The molecule has 0 aliphatic carbocycles. The minimum atomic E-state index is -0.583. The Morgan fingerprint density at radius 1 is 1.00 bits per heavy atom. The molecule has 3 atom stereocenters. The Bertz CT molecular complexity index is 811. The van der Waals surface area contributed by atoms with E-state index in [4.69, 9.17) is 14.2 Å². The molecule has 0 aromatic heterocycles. The van der Waals surface area contributed by atoms with E-state index in [1.807, 2.05) is 67.6 Å². The third-order valence-corrected chi connectivity index (χ3v) is 5.12. The molecule has 1 saturated heterocycles. The normalized spacial score (nSPS) is 20.9. The van der Waals surface area contributed by atoms with E-state index < -0.39 is 12.4 Å². The molecule has 1 fully saturated rings. The van der Waals surface area contributed by atoms with Crippen molar-refractivity contribution in [3.8, 4) is 0 Å². The van der Waals surface area contributed by atoms with Gasteiger partial charge in [0.1, 0.15) is 6.61 Å². The third kappa shape index (κ3) is 6.59. The quantitative estimate of drug-likeness (QED) is 0.627. The van der Waals surface area contributed by atoms with E-state index in [-0.39, 0.29) is 24.6 Å². The average Bonchev–Trinajstić information content (AvgIpc) is 2.75. The van der Waals surface area contributed by atoms with Gasteiger partial charge in [-0.2, -0.15) is 0 Å². The van der Waals surface area contributed by atoms with Crippen LogP contribution in [0.1, 0.15) is 37.8 Å². The van der Waals surface area contributed by atoms with Crippen LogP contribution < -0.4 is 0 Å². The molecule has 3 rings (SSSR count). The van der Waals surface area contributed by atoms with Gasteiger partial charge in [-0.3, -0.25) is 4.79 Å². The summed E-state index contributed by atoms with van der Waals surface area (Å²) in [6, 6.07) is 19.4. The average molecular weight is 411 g/mol. The fourth-order valence-electron chi connectivity index (χ4n) is 3.48. The smallest absolute Gasteiger partial charge is 0.410 e. The van der Waals surface area contributed by atoms with Gasteiger partial charge in [-0.05, 0) is 24.0 Å². The maximum Gasteiger partial charge on any atom is 0.410 e. The molecular weight excluding hydrogens is 382 g/mol. The van der Waals surface area contributed by atoms with Gasteiger partial charge in [-0.1, -0.05) is 67.6 Å². The Kier molecular flexibility index (Phi) is 7.85. The van der Waals surface area contributed by atoms with Gasteiger partial charge in [0.05, 0.1) is 12.6 Å². The third-order valence-electron chi connectivity index (χ3n) is 5.12. The predicted molar refractivity (Wildman–Crippen MR) is 112 cm³/mol. The summed E-state index contributed by atoms with van der Waals surface area (Å²) >= 11 is 0. The van der Waals surface area contributed by atoms with Gasteiger partial charge < -0.3 is 19.1 Å². The van der Waals surface area contributed by atoms with Crippen LogP contribution in [0.2, 0.25) is 0 Å². The van der Waals surface area contributed by atoms with E-state index in [0.717, 1.165) is 24.0 Å². The molecule has 0 spiro atoms. The number of amides is 1. The minimum Gasteiger partial charge on any atom is -0.445 e. The lowest BCUT2D eigenvalue weighted by atomic mass is 9.98. The molecule has 2 unspecified atom stereocenters. The molecule has 0 saturated carbocycles. The zero-order valence-corrected chi connectivity index (χ0v) is 17.5. The van der Waals surface area contributed by atoms with Gasteiger partial charge in [-0.15, -0.1) is 0 Å². The van der Waals surface area contributed by atoms with Crippen molar-refractivity contribution >= 4 is 12.1 Å². The second-order valence-electron chi connectivity index (χ2n) is 7.70. The van der Waals surface area contributed by atoms with Crippen molar-refractivity contribution in [2.24, 2.45) is 5.92 Å². The molecule has 1 aliphatic rings. The van der Waals surface area contributed by atoms with Gasteiger partial charge in [0.25, 0.3) is 0 Å². The fourth-order valence-corrected chi connectivity index (χ4v) is 3.48. The molecule has 0 bridgehead atoms. The molecule has 6 heteroatoms. The van der Waals surface area contributed by atoms with Crippen LogP contribution in [0, 0.1) is 5.92 Å². The number of nitrogens with zero attached hydrogens (tertiary/aromatic N) is 1. The standard InChI is InChI=1S/C24H29NO5/c1-18-13-14-22(30-23(18)29-19(2)26)16-25(15-20-9-5-3-6-10-20)24(27)28-17-21-11-7-4-8-12-21/h3-12,18,22-23H,13-17H2,1-2H3/t18?,22-,23?/m0/s1. The van der Waals surface area contributed by atoms with Crippen LogP contribution in [-0.4, -0.2) is 35.9 Å². The summed E-state index contributed by atoms with van der Waals surface area (Å²) in [5.74, 6) is -0.242. The van der Waals surface area contributed by atoms with E-state index >= 15 is 0 Å². The monoisotopic (exact) mass is 411 g/mol. The highest BCUT2D eigenvalue weighted by atomic mass is 16.7. The largest absolute Gasteiger partial charge is 0.445 e. The van der Waals surface area contributed by atoms with Crippen molar-refractivity contribution in [2.45, 2.75) is 52.2 Å². The van der Waals surface area contributed by atoms with E-state index in [1.54, 1.807) is 4.90 Å². The molecule has 1 aliphatic heterocycles. The van der Waals surface area contributed by atoms with Crippen molar-refractivity contribution < 1.29 is 23.8 Å². The number of benzene rings is 2. The van der Waals surface area contributed by atoms with Gasteiger partial charge in [0.2, 0.25) is 6.29 Å². The SMILES string of the molecule is CC(=O)OC1O[C@H](CN(Cc2ccccc2)C(=O)OCc2ccccc2)CCC1C. The highest BCUT2D eigenvalue weighted by Crippen LogP contribution is 2.27. The van der Waals surface area contributed by atoms with Gasteiger partial charge in [0, 0.05) is 19.4 Å².